The van der Waals surface area contributed by atoms with Gasteiger partial charge >= 0.3 is 0 Å². The molecule has 4 nitrogen and oxygen atoms in total. The zero-order chi connectivity index (χ0) is 10.9. The minimum Gasteiger partial charge on any atom is -0.390 e. The van der Waals surface area contributed by atoms with Gasteiger partial charge in [0.15, 0.2) is 3.84 Å². The van der Waals surface area contributed by atoms with Crippen LogP contribution in [0.25, 0.3) is 0 Å². The Morgan fingerprint density at radius 3 is 3.07 bits per heavy atom. The standard InChI is InChI=1S/C10H11IN4/c11-10(15-8-12)14-7-3-5-9-4-1-2-6-13-9/h1-4,6-8H,5H2,(H2,12,14,15)/b7-3-. The number of hydrogen-bond donors (Lipinski definition) is 1. The van der Waals surface area contributed by atoms with Gasteiger partial charge in [0.1, 0.15) is 0 Å². The number of aliphatic imine (C=N–C) groups is 2. The molecule has 1 heterocycles. The molecule has 0 aromatic carbocycles. The number of aromatic nitrogens is 1. The van der Waals surface area contributed by atoms with Crippen LogP contribution in [0, 0.1) is 0 Å². The topological polar surface area (TPSA) is 63.6 Å². The third kappa shape index (κ3) is 5.26. The van der Waals surface area contributed by atoms with Crippen LogP contribution in [0.4, 0.5) is 0 Å². The maximum atomic E-state index is 5.11. The number of amidine groups is 1. The first-order valence-corrected chi connectivity index (χ1v) is 5.43. The van der Waals surface area contributed by atoms with Crippen LogP contribution in [0.1, 0.15) is 5.69 Å². The lowest BCUT2D eigenvalue weighted by atomic mass is 10.3. The molecule has 78 valence electrons. The number of allylic oxidation sites excluding steroid dienone is 1. The zero-order valence-electron chi connectivity index (χ0n) is 8.05. The van der Waals surface area contributed by atoms with Crippen molar-refractivity contribution in [3.8, 4) is 0 Å². The van der Waals surface area contributed by atoms with Crippen molar-refractivity contribution in [2.75, 3.05) is 0 Å². The number of nitrogens with two attached hydrogens (primary N) is 1. The van der Waals surface area contributed by atoms with Gasteiger partial charge in [-0.15, -0.1) is 0 Å². The number of hydrogen-bond acceptors (Lipinski definition) is 2. The molecule has 0 spiro atoms. The van der Waals surface area contributed by atoms with Gasteiger partial charge in [-0.1, -0.05) is 12.1 Å². The smallest absolute Gasteiger partial charge is 0.192 e. The molecular formula is C10H11IN4. The minimum atomic E-state index is 0.604. The fourth-order valence-electron chi connectivity index (χ4n) is 0.901. The van der Waals surface area contributed by atoms with Crippen LogP contribution in [-0.4, -0.2) is 15.2 Å². The molecule has 0 aliphatic carbocycles. The Bertz CT molecular complexity index is 370. The summed E-state index contributed by atoms with van der Waals surface area (Å²) in [7, 11) is 0. The van der Waals surface area contributed by atoms with Crippen LogP contribution in [0.3, 0.4) is 0 Å². The first-order chi connectivity index (χ1) is 7.33. The van der Waals surface area contributed by atoms with E-state index >= 15 is 0 Å². The highest BCUT2D eigenvalue weighted by atomic mass is 127. The maximum Gasteiger partial charge on any atom is 0.192 e. The predicted octanol–water partition coefficient (Wildman–Crippen LogP) is 1.92. The Hall–Kier alpha value is -1.24. The molecule has 0 radical (unpaired) electrons. The summed E-state index contributed by atoms with van der Waals surface area (Å²) < 4.78 is 0.604. The molecule has 1 aromatic rings. The van der Waals surface area contributed by atoms with E-state index in [1.807, 2.05) is 46.9 Å². The van der Waals surface area contributed by atoms with Gasteiger partial charge in [-0.05, 0) is 12.1 Å². The molecule has 0 saturated heterocycles. The van der Waals surface area contributed by atoms with E-state index in [-0.39, 0.29) is 0 Å². The molecule has 0 bridgehead atoms. The molecule has 1 aromatic heterocycles. The van der Waals surface area contributed by atoms with Gasteiger partial charge in [-0.3, -0.25) is 4.98 Å². The van der Waals surface area contributed by atoms with Gasteiger partial charge in [0, 0.05) is 47.1 Å². The van der Waals surface area contributed by atoms with Gasteiger partial charge in [-0.25, -0.2) is 9.98 Å². The third-order valence-corrected chi connectivity index (χ3v) is 2.08. The van der Waals surface area contributed by atoms with Crippen LogP contribution < -0.4 is 5.73 Å². The normalized spacial score (nSPS) is 12.7. The van der Waals surface area contributed by atoms with Gasteiger partial charge in [0.25, 0.3) is 0 Å². The summed E-state index contributed by atoms with van der Waals surface area (Å²) in [6, 6.07) is 5.82. The van der Waals surface area contributed by atoms with Crippen LogP contribution >= 0.6 is 22.6 Å². The monoisotopic (exact) mass is 314 g/mol. The lowest BCUT2D eigenvalue weighted by molar-refractivity contribution is 1.11. The minimum absolute atomic E-state index is 0.604. The molecule has 0 saturated carbocycles. The average molecular weight is 314 g/mol. The molecule has 0 unspecified atom stereocenters. The summed E-state index contributed by atoms with van der Waals surface area (Å²) >= 11 is 2.00. The first kappa shape index (κ1) is 11.8. The number of nitrogens with zero attached hydrogens (tertiary/aromatic N) is 3. The fourth-order valence-corrected chi connectivity index (χ4v) is 1.22. The molecule has 0 aliphatic rings. The van der Waals surface area contributed by atoms with E-state index in [9.17, 15) is 0 Å². The Balaban J connectivity index is 2.44. The highest BCUT2D eigenvalue weighted by molar-refractivity contribution is 14.1. The van der Waals surface area contributed by atoms with Crippen LogP contribution in [0.15, 0.2) is 46.7 Å². The van der Waals surface area contributed by atoms with Crippen LogP contribution in [0.5, 0.6) is 0 Å². The quantitative estimate of drug-likeness (QED) is 0.401. The second kappa shape index (κ2) is 7.10. The van der Waals surface area contributed by atoms with Crippen molar-refractivity contribution in [1.82, 2.24) is 4.98 Å². The molecule has 1 rings (SSSR count). The lowest BCUT2D eigenvalue weighted by Crippen LogP contribution is -1.90. The maximum absolute atomic E-state index is 5.11. The van der Waals surface area contributed by atoms with Crippen molar-refractivity contribution < 1.29 is 0 Å². The van der Waals surface area contributed by atoms with Crippen LogP contribution in [-0.2, 0) is 6.42 Å². The fraction of sp³-hybridized carbons (Fsp3) is 0.100. The highest BCUT2D eigenvalue weighted by Gasteiger charge is 1.87. The van der Waals surface area contributed by atoms with E-state index in [2.05, 4.69) is 15.0 Å². The summed E-state index contributed by atoms with van der Waals surface area (Å²) in [5, 5.41) is 0. The Morgan fingerprint density at radius 2 is 2.40 bits per heavy atom. The van der Waals surface area contributed by atoms with Crippen molar-refractivity contribution in [3.05, 3.63) is 42.4 Å². The zero-order valence-corrected chi connectivity index (χ0v) is 10.2. The molecule has 2 N–H and O–H groups in total. The van der Waals surface area contributed by atoms with Gasteiger partial charge in [-0.2, -0.15) is 0 Å². The van der Waals surface area contributed by atoms with E-state index in [0.717, 1.165) is 12.1 Å². The lowest BCUT2D eigenvalue weighted by Gasteiger charge is -1.91. The summed E-state index contributed by atoms with van der Waals surface area (Å²) in [4.78, 5) is 12.0. The molecule has 0 atom stereocenters. The van der Waals surface area contributed by atoms with Crippen molar-refractivity contribution in [1.29, 1.82) is 0 Å². The van der Waals surface area contributed by atoms with Gasteiger partial charge < -0.3 is 5.73 Å². The Kier molecular flexibility index (Phi) is 5.60. The summed E-state index contributed by atoms with van der Waals surface area (Å²) in [5.74, 6) is 0. The Labute approximate surface area is 102 Å². The molecule has 0 amide bonds. The van der Waals surface area contributed by atoms with Crippen molar-refractivity contribution in [2.24, 2.45) is 15.7 Å². The van der Waals surface area contributed by atoms with E-state index in [0.29, 0.717) is 3.84 Å². The number of rotatable bonds is 3. The van der Waals surface area contributed by atoms with E-state index in [1.165, 1.54) is 6.34 Å². The van der Waals surface area contributed by atoms with Crippen molar-refractivity contribution >= 4 is 32.8 Å². The number of halogens is 1. The predicted molar refractivity (Wildman–Crippen MR) is 71.2 cm³/mol. The molecule has 0 fully saturated rings. The number of pyridine rings is 1. The second-order valence-electron chi connectivity index (χ2n) is 2.59. The first-order valence-electron chi connectivity index (χ1n) is 4.35. The van der Waals surface area contributed by atoms with Crippen LogP contribution in [0.2, 0.25) is 0 Å². The van der Waals surface area contributed by atoms with Gasteiger partial charge in [0.2, 0.25) is 0 Å². The average Bonchev–Trinajstić information content (AvgIpc) is 2.26. The van der Waals surface area contributed by atoms with E-state index in [4.69, 9.17) is 5.73 Å². The van der Waals surface area contributed by atoms with Gasteiger partial charge in [0.05, 0.1) is 6.34 Å². The SMILES string of the molecule is NC=NC(I)=N/C=C\Cc1ccccn1. The largest absolute Gasteiger partial charge is 0.390 e. The molecular weight excluding hydrogens is 303 g/mol. The molecule has 0 aliphatic heterocycles. The Morgan fingerprint density at radius 1 is 1.53 bits per heavy atom. The highest BCUT2D eigenvalue weighted by Crippen LogP contribution is 1.97. The third-order valence-electron chi connectivity index (χ3n) is 1.52. The van der Waals surface area contributed by atoms with E-state index in [1.54, 1.807) is 12.4 Å². The van der Waals surface area contributed by atoms with Crippen molar-refractivity contribution in [3.63, 3.8) is 0 Å². The summed E-state index contributed by atoms with van der Waals surface area (Å²) in [6.45, 7) is 0. The summed E-state index contributed by atoms with van der Waals surface area (Å²) in [6.07, 6.45) is 7.38. The van der Waals surface area contributed by atoms with Crippen molar-refractivity contribution in [2.45, 2.75) is 6.42 Å². The molecule has 15 heavy (non-hydrogen) atoms. The summed E-state index contributed by atoms with van der Waals surface area (Å²) in [5.41, 5.74) is 6.13. The second-order valence-corrected chi connectivity index (χ2v) is 3.55. The van der Waals surface area contributed by atoms with E-state index < -0.39 is 0 Å². The molecule has 5 heteroatoms.